The van der Waals surface area contributed by atoms with Crippen LogP contribution in [-0.2, 0) is 0 Å². The van der Waals surface area contributed by atoms with Crippen LogP contribution >= 0.6 is 0 Å². The summed E-state index contributed by atoms with van der Waals surface area (Å²) in [5.74, 6) is -1.06. The van der Waals surface area contributed by atoms with Gasteiger partial charge in [0, 0.05) is 11.9 Å². The molecule has 6 heteroatoms. The molecule has 0 saturated heterocycles. The molecule has 0 unspecified atom stereocenters. The Morgan fingerprint density at radius 3 is 3.08 bits per heavy atom. The van der Waals surface area contributed by atoms with Crippen LogP contribution in [0, 0.1) is 0 Å². The highest BCUT2D eigenvalue weighted by atomic mass is 16.4. The maximum atomic E-state index is 10.7. The monoisotopic (exact) mass is 178 g/mol. The van der Waals surface area contributed by atoms with Crippen molar-refractivity contribution in [3.8, 4) is 0 Å². The fourth-order valence-electron chi connectivity index (χ4n) is 1.12. The topological polar surface area (TPSA) is 93.5 Å². The van der Waals surface area contributed by atoms with Gasteiger partial charge in [0.2, 0.25) is 0 Å². The Labute approximate surface area is 72.6 Å². The van der Waals surface area contributed by atoms with Crippen molar-refractivity contribution >= 4 is 17.3 Å². The van der Waals surface area contributed by atoms with E-state index >= 15 is 0 Å². The SMILES string of the molecule is Nc1cc(C(=O)O)c2nncn2c1. The van der Waals surface area contributed by atoms with E-state index in [4.69, 9.17) is 10.8 Å². The summed E-state index contributed by atoms with van der Waals surface area (Å²) in [5, 5.41) is 16.0. The first-order valence-electron chi connectivity index (χ1n) is 3.50. The van der Waals surface area contributed by atoms with E-state index in [2.05, 4.69) is 10.2 Å². The Balaban J connectivity index is 2.84. The molecule has 0 saturated carbocycles. The van der Waals surface area contributed by atoms with Gasteiger partial charge in [-0.25, -0.2) is 4.79 Å². The van der Waals surface area contributed by atoms with Crippen molar-refractivity contribution < 1.29 is 9.90 Å². The summed E-state index contributed by atoms with van der Waals surface area (Å²) >= 11 is 0. The summed E-state index contributed by atoms with van der Waals surface area (Å²) in [6.45, 7) is 0. The van der Waals surface area contributed by atoms with Gasteiger partial charge in [-0.3, -0.25) is 4.40 Å². The van der Waals surface area contributed by atoms with Crippen LogP contribution in [0.2, 0.25) is 0 Å². The summed E-state index contributed by atoms with van der Waals surface area (Å²) in [5.41, 5.74) is 6.19. The largest absolute Gasteiger partial charge is 0.478 e. The summed E-state index contributed by atoms with van der Waals surface area (Å²) in [6, 6.07) is 1.35. The first kappa shape index (κ1) is 7.53. The van der Waals surface area contributed by atoms with Crippen LogP contribution < -0.4 is 5.73 Å². The van der Waals surface area contributed by atoms with Crippen molar-refractivity contribution in [2.45, 2.75) is 0 Å². The molecular weight excluding hydrogens is 172 g/mol. The number of hydrogen-bond donors (Lipinski definition) is 2. The van der Waals surface area contributed by atoms with Crippen LogP contribution in [0.4, 0.5) is 5.69 Å². The zero-order valence-corrected chi connectivity index (χ0v) is 6.51. The van der Waals surface area contributed by atoms with Gasteiger partial charge in [-0.2, -0.15) is 0 Å². The minimum atomic E-state index is -1.06. The van der Waals surface area contributed by atoms with E-state index in [0.29, 0.717) is 11.3 Å². The fourth-order valence-corrected chi connectivity index (χ4v) is 1.12. The number of aromatic carboxylic acids is 1. The summed E-state index contributed by atoms with van der Waals surface area (Å²) < 4.78 is 1.47. The molecule has 2 aromatic rings. The number of rotatable bonds is 1. The van der Waals surface area contributed by atoms with Crippen LogP contribution in [0.15, 0.2) is 18.6 Å². The molecule has 0 spiro atoms. The molecule has 0 fully saturated rings. The number of anilines is 1. The Bertz CT molecular complexity index is 476. The molecule has 2 rings (SSSR count). The highest BCUT2D eigenvalue weighted by molar-refractivity contribution is 5.95. The molecule has 3 N–H and O–H groups in total. The van der Waals surface area contributed by atoms with Crippen LogP contribution in [0.25, 0.3) is 5.65 Å². The molecule has 2 aromatic heterocycles. The van der Waals surface area contributed by atoms with E-state index in [1.807, 2.05) is 0 Å². The minimum Gasteiger partial charge on any atom is -0.478 e. The van der Waals surface area contributed by atoms with Crippen molar-refractivity contribution in [1.82, 2.24) is 14.6 Å². The van der Waals surface area contributed by atoms with Crippen molar-refractivity contribution in [3.63, 3.8) is 0 Å². The van der Waals surface area contributed by atoms with Crippen molar-refractivity contribution in [3.05, 3.63) is 24.2 Å². The number of carboxylic acids is 1. The van der Waals surface area contributed by atoms with Crippen molar-refractivity contribution in [2.75, 3.05) is 5.73 Å². The molecule has 66 valence electrons. The predicted molar refractivity (Wildman–Crippen MR) is 44.4 cm³/mol. The second-order valence-corrected chi connectivity index (χ2v) is 2.55. The average Bonchev–Trinajstić information content (AvgIpc) is 2.49. The van der Waals surface area contributed by atoms with E-state index in [1.54, 1.807) is 6.20 Å². The normalized spacial score (nSPS) is 10.5. The number of hydrogen-bond acceptors (Lipinski definition) is 4. The molecule has 2 heterocycles. The summed E-state index contributed by atoms with van der Waals surface area (Å²) in [7, 11) is 0. The number of carboxylic acid groups (broad SMARTS) is 1. The second-order valence-electron chi connectivity index (χ2n) is 2.55. The zero-order valence-electron chi connectivity index (χ0n) is 6.51. The smallest absolute Gasteiger partial charge is 0.339 e. The standard InChI is InChI=1S/C7H6N4O2/c8-4-1-5(7(12)13)6-10-9-3-11(6)2-4/h1-3H,8H2,(H,12,13). The van der Waals surface area contributed by atoms with Crippen LogP contribution in [0.3, 0.4) is 0 Å². The third-order valence-corrected chi connectivity index (χ3v) is 1.64. The van der Waals surface area contributed by atoms with Gasteiger partial charge in [-0.1, -0.05) is 0 Å². The Morgan fingerprint density at radius 2 is 2.38 bits per heavy atom. The lowest BCUT2D eigenvalue weighted by atomic mass is 10.2. The van der Waals surface area contributed by atoms with Gasteiger partial charge in [0.05, 0.1) is 0 Å². The number of fused-ring (bicyclic) bond motifs is 1. The molecular formula is C7H6N4O2. The number of pyridine rings is 1. The van der Waals surface area contributed by atoms with E-state index in [9.17, 15) is 4.79 Å². The third-order valence-electron chi connectivity index (χ3n) is 1.64. The number of nitrogens with zero attached hydrogens (tertiary/aromatic N) is 3. The van der Waals surface area contributed by atoms with Gasteiger partial charge in [0.15, 0.2) is 5.65 Å². The lowest BCUT2D eigenvalue weighted by Gasteiger charge is -1.99. The Morgan fingerprint density at radius 1 is 1.62 bits per heavy atom. The molecule has 0 aliphatic carbocycles. The second kappa shape index (κ2) is 2.44. The molecule has 13 heavy (non-hydrogen) atoms. The first-order valence-corrected chi connectivity index (χ1v) is 3.50. The van der Waals surface area contributed by atoms with E-state index in [1.165, 1.54) is 16.8 Å². The predicted octanol–water partition coefficient (Wildman–Crippen LogP) is 0.00970. The quantitative estimate of drug-likeness (QED) is 0.641. The van der Waals surface area contributed by atoms with Gasteiger partial charge in [-0.05, 0) is 6.07 Å². The Kier molecular flexibility index (Phi) is 1.42. The lowest BCUT2D eigenvalue weighted by molar-refractivity contribution is 0.0698. The average molecular weight is 178 g/mol. The molecule has 0 amide bonds. The highest BCUT2D eigenvalue weighted by Gasteiger charge is 2.11. The minimum absolute atomic E-state index is 0.0532. The molecule has 6 nitrogen and oxygen atoms in total. The third kappa shape index (κ3) is 1.08. The van der Waals surface area contributed by atoms with Gasteiger partial charge >= 0.3 is 5.97 Å². The number of nitrogens with two attached hydrogens (primary N) is 1. The maximum Gasteiger partial charge on any atom is 0.339 e. The van der Waals surface area contributed by atoms with Crippen LogP contribution in [0.1, 0.15) is 10.4 Å². The van der Waals surface area contributed by atoms with Crippen molar-refractivity contribution in [1.29, 1.82) is 0 Å². The van der Waals surface area contributed by atoms with E-state index in [0.717, 1.165) is 0 Å². The molecule has 0 bridgehead atoms. The van der Waals surface area contributed by atoms with Gasteiger partial charge < -0.3 is 10.8 Å². The molecule has 0 atom stereocenters. The lowest BCUT2D eigenvalue weighted by Crippen LogP contribution is -2.02. The van der Waals surface area contributed by atoms with Crippen LogP contribution in [-0.4, -0.2) is 25.7 Å². The van der Waals surface area contributed by atoms with Gasteiger partial charge in [0.25, 0.3) is 0 Å². The molecule has 0 radical (unpaired) electrons. The molecule has 0 aromatic carbocycles. The first-order chi connectivity index (χ1) is 6.18. The number of aromatic nitrogens is 3. The van der Waals surface area contributed by atoms with Crippen molar-refractivity contribution in [2.24, 2.45) is 0 Å². The maximum absolute atomic E-state index is 10.7. The molecule has 0 aliphatic rings. The Hall–Kier alpha value is -2.11. The highest BCUT2D eigenvalue weighted by Crippen LogP contribution is 2.12. The van der Waals surface area contributed by atoms with Gasteiger partial charge in [-0.15, -0.1) is 10.2 Å². The fraction of sp³-hybridized carbons (Fsp3) is 0. The zero-order chi connectivity index (χ0) is 9.42. The van der Waals surface area contributed by atoms with Gasteiger partial charge in [0.1, 0.15) is 11.9 Å². The summed E-state index contributed by atoms with van der Waals surface area (Å²) in [6.07, 6.45) is 2.96. The van der Waals surface area contributed by atoms with Crippen LogP contribution in [0.5, 0.6) is 0 Å². The van der Waals surface area contributed by atoms with E-state index in [-0.39, 0.29) is 5.56 Å². The number of nitrogen functional groups attached to an aromatic ring is 1. The summed E-state index contributed by atoms with van der Waals surface area (Å²) in [4.78, 5) is 10.7. The number of carbonyl (C=O) groups is 1. The molecule has 0 aliphatic heterocycles. The van der Waals surface area contributed by atoms with E-state index < -0.39 is 5.97 Å².